The summed E-state index contributed by atoms with van der Waals surface area (Å²) in [5, 5.41) is 0. The SMILES string of the molecule is CCc1c(-c2cccc(C(=O)OC)c2)[nH]c(C=O)c1C(=O)OC. The van der Waals surface area contributed by atoms with Crippen LogP contribution in [0.2, 0.25) is 0 Å². The van der Waals surface area contributed by atoms with Crippen molar-refractivity contribution in [2.45, 2.75) is 13.3 Å². The number of hydrogen-bond acceptors (Lipinski definition) is 5. The van der Waals surface area contributed by atoms with Gasteiger partial charge in [0.05, 0.1) is 36.7 Å². The van der Waals surface area contributed by atoms with Crippen molar-refractivity contribution in [3.63, 3.8) is 0 Å². The summed E-state index contributed by atoms with van der Waals surface area (Å²) in [7, 11) is 2.57. The number of aromatic nitrogens is 1. The molecule has 0 amide bonds. The molecule has 0 radical (unpaired) electrons. The lowest BCUT2D eigenvalue weighted by atomic mass is 10.0. The molecule has 6 heteroatoms. The van der Waals surface area contributed by atoms with Crippen LogP contribution in [0.15, 0.2) is 24.3 Å². The van der Waals surface area contributed by atoms with E-state index in [1.807, 2.05) is 6.92 Å². The summed E-state index contributed by atoms with van der Waals surface area (Å²) in [6.07, 6.45) is 1.10. The van der Waals surface area contributed by atoms with E-state index in [0.717, 1.165) is 0 Å². The first-order chi connectivity index (χ1) is 11.1. The molecule has 0 atom stereocenters. The number of H-pyrrole nitrogens is 1. The number of carbonyl (C=O) groups excluding carboxylic acids is 3. The van der Waals surface area contributed by atoms with Gasteiger partial charge in [-0.1, -0.05) is 19.1 Å². The van der Waals surface area contributed by atoms with Crippen LogP contribution in [-0.2, 0) is 15.9 Å². The van der Waals surface area contributed by atoms with Crippen molar-refractivity contribution in [1.29, 1.82) is 0 Å². The predicted molar refractivity (Wildman–Crippen MR) is 83.7 cm³/mol. The van der Waals surface area contributed by atoms with Crippen molar-refractivity contribution in [2.24, 2.45) is 0 Å². The van der Waals surface area contributed by atoms with Gasteiger partial charge in [0.15, 0.2) is 6.29 Å². The summed E-state index contributed by atoms with van der Waals surface area (Å²) < 4.78 is 9.47. The Kier molecular flexibility index (Phi) is 4.95. The minimum atomic E-state index is -0.574. The first kappa shape index (κ1) is 16.5. The van der Waals surface area contributed by atoms with Crippen molar-refractivity contribution in [1.82, 2.24) is 4.98 Å². The van der Waals surface area contributed by atoms with Crippen LogP contribution < -0.4 is 0 Å². The molecule has 2 rings (SSSR count). The van der Waals surface area contributed by atoms with Gasteiger partial charge in [-0.3, -0.25) is 4.79 Å². The Labute approximate surface area is 133 Å². The smallest absolute Gasteiger partial charge is 0.340 e. The average Bonchev–Trinajstić information content (AvgIpc) is 2.99. The minimum absolute atomic E-state index is 0.159. The van der Waals surface area contributed by atoms with Crippen molar-refractivity contribution >= 4 is 18.2 Å². The van der Waals surface area contributed by atoms with Gasteiger partial charge in [-0.2, -0.15) is 0 Å². The van der Waals surface area contributed by atoms with Gasteiger partial charge in [0.2, 0.25) is 0 Å². The summed E-state index contributed by atoms with van der Waals surface area (Å²) >= 11 is 0. The van der Waals surface area contributed by atoms with Crippen LogP contribution in [-0.4, -0.2) is 37.4 Å². The highest BCUT2D eigenvalue weighted by Gasteiger charge is 2.23. The van der Waals surface area contributed by atoms with Gasteiger partial charge in [-0.05, 0) is 29.7 Å². The molecule has 1 heterocycles. The maximum absolute atomic E-state index is 12.0. The lowest BCUT2D eigenvalue weighted by Gasteiger charge is -2.06. The summed E-state index contributed by atoms with van der Waals surface area (Å²) in [6.45, 7) is 1.87. The molecule has 0 bridgehead atoms. The van der Waals surface area contributed by atoms with Gasteiger partial charge in [0, 0.05) is 0 Å². The molecule has 0 spiro atoms. The normalized spacial score (nSPS) is 10.2. The lowest BCUT2D eigenvalue weighted by Crippen LogP contribution is -2.06. The van der Waals surface area contributed by atoms with Gasteiger partial charge in [-0.15, -0.1) is 0 Å². The van der Waals surface area contributed by atoms with E-state index < -0.39 is 11.9 Å². The second kappa shape index (κ2) is 6.91. The van der Waals surface area contributed by atoms with Gasteiger partial charge in [-0.25, -0.2) is 9.59 Å². The maximum atomic E-state index is 12.0. The number of aldehydes is 1. The van der Waals surface area contributed by atoms with Crippen molar-refractivity contribution < 1.29 is 23.9 Å². The van der Waals surface area contributed by atoms with Crippen molar-refractivity contribution in [3.05, 3.63) is 46.6 Å². The van der Waals surface area contributed by atoms with E-state index in [2.05, 4.69) is 4.98 Å². The average molecular weight is 315 g/mol. The maximum Gasteiger partial charge on any atom is 0.340 e. The Morgan fingerprint density at radius 3 is 2.43 bits per heavy atom. The van der Waals surface area contributed by atoms with Crippen LogP contribution in [0.1, 0.15) is 43.7 Å². The van der Waals surface area contributed by atoms with Crippen LogP contribution in [0.4, 0.5) is 0 Å². The molecule has 0 saturated heterocycles. The van der Waals surface area contributed by atoms with Crippen molar-refractivity contribution in [3.8, 4) is 11.3 Å². The van der Waals surface area contributed by atoms with Crippen LogP contribution in [0.5, 0.6) is 0 Å². The molecule has 1 N–H and O–H groups in total. The zero-order valence-electron chi connectivity index (χ0n) is 13.1. The fraction of sp³-hybridized carbons (Fsp3) is 0.235. The number of rotatable bonds is 5. The quantitative estimate of drug-likeness (QED) is 0.677. The standard InChI is InChI=1S/C17H17NO5/c1-4-12-14(17(21)23-3)13(9-19)18-15(12)10-6-5-7-11(8-10)16(20)22-2/h5-9,18H,4H2,1-3H3. The summed E-state index contributed by atoms with van der Waals surface area (Å²) in [6, 6.07) is 6.77. The topological polar surface area (TPSA) is 85.5 Å². The third-order valence-corrected chi connectivity index (χ3v) is 3.57. The number of carbonyl (C=O) groups is 3. The molecule has 0 aliphatic carbocycles. The number of methoxy groups -OCH3 is 2. The van der Waals surface area contributed by atoms with Gasteiger partial charge < -0.3 is 14.5 Å². The number of esters is 2. The molecule has 23 heavy (non-hydrogen) atoms. The molecule has 0 unspecified atom stereocenters. The molecule has 0 aliphatic heterocycles. The van der Waals surface area contributed by atoms with E-state index in [9.17, 15) is 14.4 Å². The Morgan fingerprint density at radius 2 is 1.87 bits per heavy atom. The van der Waals surface area contributed by atoms with Gasteiger partial charge >= 0.3 is 11.9 Å². The monoisotopic (exact) mass is 315 g/mol. The van der Waals surface area contributed by atoms with E-state index >= 15 is 0 Å². The van der Waals surface area contributed by atoms with Crippen LogP contribution in [0.25, 0.3) is 11.3 Å². The second-order valence-electron chi connectivity index (χ2n) is 4.80. The summed E-state index contributed by atoms with van der Waals surface area (Å²) in [5.41, 5.74) is 2.73. The molecular formula is C17H17NO5. The number of ether oxygens (including phenoxy) is 2. The minimum Gasteiger partial charge on any atom is -0.465 e. The third kappa shape index (κ3) is 3.01. The molecule has 6 nitrogen and oxygen atoms in total. The first-order valence-electron chi connectivity index (χ1n) is 7.04. The molecule has 0 aliphatic rings. The highest BCUT2D eigenvalue weighted by atomic mass is 16.5. The zero-order valence-corrected chi connectivity index (χ0v) is 13.1. The lowest BCUT2D eigenvalue weighted by molar-refractivity contribution is 0.0590. The van der Waals surface area contributed by atoms with Crippen LogP contribution in [0.3, 0.4) is 0 Å². The predicted octanol–water partition coefficient (Wildman–Crippen LogP) is 2.63. The molecule has 0 fully saturated rings. The third-order valence-electron chi connectivity index (χ3n) is 3.57. The van der Waals surface area contributed by atoms with E-state index in [1.165, 1.54) is 14.2 Å². The van der Waals surface area contributed by atoms with Crippen molar-refractivity contribution in [2.75, 3.05) is 14.2 Å². The Balaban J connectivity index is 2.64. The number of aromatic amines is 1. The molecule has 120 valence electrons. The van der Waals surface area contributed by atoms with Crippen LogP contribution in [0, 0.1) is 0 Å². The van der Waals surface area contributed by atoms with E-state index in [1.54, 1.807) is 24.3 Å². The molecule has 2 aromatic rings. The Morgan fingerprint density at radius 1 is 1.17 bits per heavy atom. The fourth-order valence-corrected chi connectivity index (χ4v) is 2.50. The first-order valence-corrected chi connectivity index (χ1v) is 7.04. The second-order valence-corrected chi connectivity index (χ2v) is 4.80. The fourth-order valence-electron chi connectivity index (χ4n) is 2.50. The van der Waals surface area contributed by atoms with Gasteiger partial charge in [0.1, 0.15) is 0 Å². The number of benzene rings is 1. The Bertz CT molecular complexity index is 760. The highest BCUT2D eigenvalue weighted by Crippen LogP contribution is 2.29. The summed E-state index contributed by atoms with van der Waals surface area (Å²) in [5.74, 6) is -1.03. The molecule has 1 aromatic heterocycles. The largest absolute Gasteiger partial charge is 0.465 e. The highest BCUT2D eigenvalue weighted by molar-refractivity contribution is 6.01. The summed E-state index contributed by atoms with van der Waals surface area (Å²) in [4.78, 5) is 37.8. The van der Waals surface area contributed by atoms with E-state index in [0.29, 0.717) is 35.1 Å². The van der Waals surface area contributed by atoms with Gasteiger partial charge in [0.25, 0.3) is 0 Å². The Hall–Kier alpha value is -2.89. The van der Waals surface area contributed by atoms with E-state index in [-0.39, 0.29) is 11.3 Å². The van der Waals surface area contributed by atoms with Crippen LogP contribution >= 0.6 is 0 Å². The zero-order chi connectivity index (χ0) is 17.0. The number of nitrogens with one attached hydrogen (secondary N) is 1. The molecular weight excluding hydrogens is 298 g/mol. The molecule has 1 aromatic carbocycles. The number of hydrogen-bond donors (Lipinski definition) is 1. The van der Waals surface area contributed by atoms with E-state index in [4.69, 9.17) is 9.47 Å². The molecule has 0 saturated carbocycles.